The first-order valence-corrected chi connectivity index (χ1v) is 4.33. The number of rotatable bonds is 3. The Balaban J connectivity index is 2.08. The molecule has 13 heavy (non-hydrogen) atoms. The fourth-order valence-corrected chi connectivity index (χ4v) is 1.21. The van der Waals surface area contributed by atoms with Gasteiger partial charge in [-0.2, -0.15) is 0 Å². The molecule has 1 aliphatic rings. The average Bonchev–Trinajstić information content (AvgIpc) is 2.12. The minimum absolute atomic E-state index is 0.0176. The summed E-state index contributed by atoms with van der Waals surface area (Å²) < 4.78 is 10.6. The molecule has 3 nitrogen and oxygen atoms in total. The molecule has 0 amide bonds. The van der Waals surface area contributed by atoms with E-state index in [9.17, 15) is 0 Å². The highest BCUT2D eigenvalue weighted by Gasteiger charge is 2.20. The minimum atomic E-state index is 0.0176. The molecule has 3 heteroatoms. The molecule has 0 radical (unpaired) electrons. The summed E-state index contributed by atoms with van der Waals surface area (Å²) in [6.45, 7) is 1.32. The predicted molar refractivity (Wildman–Crippen MR) is 47.6 cm³/mol. The van der Waals surface area contributed by atoms with Gasteiger partial charge in [-0.15, -0.1) is 0 Å². The van der Waals surface area contributed by atoms with Gasteiger partial charge in [-0.25, -0.2) is 0 Å². The van der Waals surface area contributed by atoms with Crippen LogP contribution in [0.25, 0.3) is 0 Å². The Morgan fingerprint density at radius 2 is 2.15 bits per heavy atom. The summed E-state index contributed by atoms with van der Waals surface area (Å²) in [4.78, 5) is 0. The van der Waals surface area contributed by atoms with Crippen molar-refractivity contribution in [2.75, 3.05) is 13.2 Å². The predicted octanol–water partition coefficient (Wildman–Crippen LogP) is 0.956. The van der Waals surface area contributed by atoms with Crippen LogP contribution in [0.3, 0.4) is 0 Å². The molecule has 0 spiro atoms. The molecule has 1 saturated heterocycles. The third-order valence-electron chi connectivity index (χ3n) is 2.04. The van der Waals surface area contributed by atoms with Crippen LogP contribution in [-0.2, 0) is 11.3 Å². The first-order valence-electron chi connectivity index (χ1n) is 4.33. The maximum atomic E-state index is 9.01. The number of para-hydroxylation sites is 1. The monoisotopic (exact) mass is 180 g/mol. The van der Waals surface area contributed by atoms with Gasteiger partial charge >= 0.3 is 0 Å². The van der Waals surface area contributed by atoms with Crippen LogP contribution in [0.4, 0.5) is 0 Å². The second-order valence-corrected chi connectivity index (χ2v) is 3.04. The van der Waals surface area contributed by atoms with Crippen molar-refractivity contribution in [2.24, 2.45) is 0 Å². The van der Waals surface area contributed by atoms with Gasteiger partial charge in [0, 0.05) is 5.56 Å². The summed E-state index contributed by atoms with van der Waals surface area (Å²) in [5.74, 6) is 0.762. The van der Waals surface area contributed by atoms with Crippen molar-refractivity contribution in [2.45, 2.75) is 12.7 Å². The molecule has 1 aliphatic heterocycles. The van der Waals surface area contributed by atoms with Gasteiger partial charge < -0.3 is 14.6 Å². The van der Waals surface area contributed by atoms with Gasteiger partial charge in [0.25, 0.3) is 0 Å². The highest BCUT2D eigenvalue weighted by atomic mass is 16.6. The molecular formula is C10H12O3. The van der Waals surface area contributed by atoms with E-state index in [-0.39, 0.29) is 12.7 Å². The molecule has 1 fully saturated rings. The largest absolute Gasteiger partial charge is 0.485 e. The highest BCUT2D eigenvalue weighted by molar-refractivity contribution is 5.32. The van der Waals surface area contributed by atoms with Crippen LogP contribution < -0.4 is 4.74 Å². The van der Waals surface area contributed by atoms with E-state index in [1.54, 1.807) is 0 Å². The standard InChI is InChI=1S/C10H12O3/c11-5-8-3-1-2-4-10(8)13-9-6-12-7-9/h1-4,9,11H,5-7H2. The second-order valence-electron chi connectivity index (χ2n) is 3.04. The lowest BCUT2D eigenvalue weighted by Gasteiger charge is -2.27. The Labute approximate surface area is 76.9 Å². The molecule has 2 rings (SSSR count). The quantitative estimate of drug-likeness (QED) is 0.752. The van der Waals surface area contributed by atoms with Crippen LogP contribution >= 0.6 is 0 Å². The van der Waals surface area contributed by atoms with Gasteiger partial charge in [-0.1, -0.05) is 18.2 Å². The van der Waals surface area contributed by atoms with Crippen LogP contribution in [0.2, 0.25) is 0 Å². The summed E-state index contributed by atoms with van der Waals surface area (Å²) in [6, 6.07) is 7.50. The summed E-state index contributed by atoms with van der Waals surface area (Å²) in [6.07, 6.45) is 0.160. The molecule has 1 N–H and O–H groups in total. The first kappa shape index (κ1) is 8.53. The number of aliphatic hydroxyl groups excluding tert-OH is 1. The van der Waals surface area contributed by atoms with Crippen molar-refractivity contribution in [3.05, 3.63) is 29.8 Å². The Kier molecular flexibility index (Phi) is 2.47. The van der Waals surface area contributed by atoms with Gasteiger partial charge in [-0.3, -0.25) is 0 Å². The average molecular weight is 180 g/mol. The summed E-state index contributed by atoms with van der Waals surface area (Å²) in [5, 5.41) is 9.01. The number of benzene rings is 1. The number of aliphatic hydroxyl groups is 1. The minimum Gasteiger partial charge on any atom is -0.485 e. The lowest BCUT2D eigenvalue weighted by Crippen LogP contribution is -2.38. The van der Waals surface area contributed by atoms with Crippen LogP contribution in [0.5, 0.6) is 5.75 Å². The van der Waals surface area contributed by atoms with Crippen molar-refractivity contribution < 1.29 is 14.6 Å². The Bertz CT molecular complexity index is 281. The van der Waals surface area contributed by atoms with E-state index in [4.69, 9.17) is 14.6 Å². The fraction of sp³-hybridized carbons (Fsp3) is 0.400. The molecule has 1 aromatic carbocycles. The lowest BCUT2D eigenvalue weighted by molar-refractivity contribution is -0.0802. The molecule has 0 unspecified atom stereocenters. The SMILES string of the molecule is OCc1ccccc1OC1COC1. The number of hydrogen-bond donors (Lipinski definition) is 1. The van der Waals surface area contributed by atoms with Gasteiger partial charge in [0.1, 0.15) is 11.9 Å². The number of hydrogen-bond acceptors (Lipinski definition) is 3. The van der Waals surface area contributed by atoms with E-state index in [1.807, 2.05) is 24.3 Å². The van der Waals surface area contributed by atoms with Gasteiger partial charge in [0.15, 0.2) is 0 Å². The summed E-state index contributed by atoms with van der Waals surface area (Å²) in [7, 11) is 0. The van der Waals surface area contributed by atoms with E-state index in [1.165, 1.54) is 0 Å². The Morgan fingerprint density at radius 1 is 1.38 bits per heavy atom. The molecule has 0 atom stereocenters. The molecule has 0 aliphatic carbocycles. The lowest BCUT2D eigenvalue weighted by atomic mass is 10.2. The van der Waals surface area contributed by atoms with Crippen molar-refractivity contribution in [1.82, 2.24) is 0 Å². The third-order valence-corrected chi connectivity index (χ3v) is 2.04. The van der Waals surface area contributed by atoms with Crippen molar-refractivity contribution >= 4 is 0 Å². The fourth-order valence-electron chi connectivity index (χ4n) is 1.21. The van der Waals surface area contributed by atoms with Crippen LogP contribution in [0, 0.1) is 0 Å². The molecule has 0 aromatic heterocycles. The van der Waals surface area contributed by atoms with Gasteiger partial charge in [0.2, 0.25) is 0 Å². The molecule has 0 saturated carbocycles. The molecule has 70 valence electrons. The maximum absolute atomic E-state index is 9.01. The molecule has 1 heterocycles. The van der Waals surface area contributed by atoms with E-state index in [0.717, 1.165) is 11.3 Å². The van der Waals surface area contributed by atoms with Gasteiger partial charge in [-0.05, 0) is 6.07 Å². The van der Waals surface area contributed by atoms with Crippen molar-refractivity contribution in [3.8, 4) is 5.75 Å². The second kappa shape index (κ2) is 3.77. The normalized spacial score (nSPS) is 16.7. The molecular weight excluding hydrogens is 168 g/mol. The zero-order valence-electron chi connectivity index (χ0n) is 7.27. The van der Waals surface area contributed by atoms with E-state index >= 15 is 0 Å². The van der Waals surface area contributed by atoms with E-state index in [0.29, 0.717) is 13.2 Å². The van der Waals surface area contributed by atoms with Crippen molar-refractivity contribution in [1.29, 1.82) is 0 Å². The third kappa shape index (κ3) is 1.82. The highest BCUT2D eigenvalue weighted by Crippen LogP contribution is 2.21. The van der Waals surface area contributed by atoms with E-state index in [2.05, 4.69) is 0 Å². The molecule has 0 bridgehead atoms. The van der Waals surface area contributed by atoms with E-state index < -0.39 is 0 Å². The first-order chi connectivity index (χ1) is 6.40. The smallest absolute Gasteiger partial charge is 0.145 e. The maximum Gasteiger partial charge on any atom is 0.145 e. The zero-order chi connectivity index (χ0) is 9.10. The van der Waals surface area contributed by atoms with Crippen molar-refractivity contribution in [3.63, 3.8) is 0 Å². The summed E-state index contributed by atoms with van der Waals surface area (Å²) >= 11 is 0. The summed E-state index contributed by atoms with van der Waals surface area (Å²) in [5.41, 5.74) is 0.828. The Morgan fingerprint density at radius 3 is 2.77 bits per heavy atom. The molecule has 1 aromatic rings. The Hall–Kier alpha value is -1.06. The van der Waals surface area contributed by atoms with Crippen LogP contribution in [0.15, 0.2) is 24.3 Å². The van der Waals surface area contributed by atoms with Gasteiger partial charge in [0.05, 0.1) is 19.8 Å². The number of ether oxygens (including phenoxy) is 2. The van der Waals surface area contributed by atoms with Crippen LogP contribution in [0.1, 0.15) is 5.56 Å². The topological polar surface area (TPSA) is 38.7 Å². The van der Waals surface area contributed by atoms with Crippen LogP contribution in [-0.4, -0.2) is 24.4 Å². The zero-order valence-corrected chi connectivity index (χ0v) is 7.27.